The fourth-order valence-electron chi connectivity index (χ4n) is 1.47. The Kier molecular flexibility index (Phi) is 4.84. The van der Waals surface area contributed by atoms with Gasteiger partial charge in [-0.25, -0.2) is 0 Å². The van der Waals surface area contributed by atoms with E-state index >= 15 is 0 Å². The molecule has 6 heteroatoms. The fraction of sp³-hybridized carbons (Fsp3) is 0.214. The maximum Gasteiger partial charge on any atom is 0.257 e. The molecule has 0 unspecified atom stereocenters. The van der Waals surface area contributed by atoms with E-state index in [0.717, 1.165) is 11.4 Å². The minimum atomic E-state index is -0.209. The first-order valence-corrected chi connectivity index (χ1v) is 7.02. The Morgan fingerprint density at radius 1 is 1.40 bits per heavy atom. The summed E-state index contributed by atoms with van der Waals surface area (Å²) in [6.45, 7) is 6.01. The summed E-state index contributed by atoms with van der Waals surface area (Å²) in [5.74, 6) is 0.490. The number of nitrogens with one attached hydrogen (secondary N) is 1. The number of rotatable bonds is 6. The minimum absolute atomic E-state index is 0.209. The molecule has 0 aliphatic rings. The Morgan fingerprint density at radius 3 is 2.75 bits per heavy atom. The molecule has 0 bridgehead atoms. The summed E-state index contributed by atoms with van der Waals surface area (Å²) >= 11 is 1.38. The van der Waals surface area contributed by atoms with Crippen LogP contribution in [0.5, 0.6) is 5.75 Å². The van der Waals surface area contributed by atoms with Gasteiger partial charge in [0.25, 0.3) is 5.91 Å². The predicted molar refractivity (Wildman–Crippen MR) is 79.4 cm³/mol. The topological polar surface area (TPSA) is 64.1 Å². The van der Waals surface area contributed by atoms with Gasteiger partial charge >= 0.3 is 0 Å². The van der Waals surface area contributed by atoms with Gasteiger partial charge in [-0.05, 0) is 30.7 Å². The standard InChI is InChI=1S/C14H15N3O2S/c1-3-9-19-11-7-5-10(6-8-11)13(18)15-14-17-16-12(4-2)20-14/h3,5-8H,1,4,9H2,2H3,(H,15,17,18). The second kappa shape index (κ2) is 6.81. The zero-order valence-electron chi connectivity index (χ0n) is 11.1. The third-order valence-electron chi connectivity index (χ3n) is 2.47. The van der Waals surface area contributed by atoms with Crippen molar-refractivity contribution in [1.82, 2.24) is 10.2 Å². The number of ether oxygens (including phenoxy) is 1. The quantitative estimate of drug-likeness (QED) is 0.830. The van der Waals surface area contributed by atoms with Gasteiger partial charge in [-0.15, -0.1) is 10.2 Å². The molecule has 1 aromatic heterocycles. The number of amides is 1. The predicted octanol–water partition coefficient (Wildman–Crippen LogP) is 2.92. The monoisotopic (exact) mass is 289 g/mol. The number of hydrogen-bond acceptors (Lipinski definition) is 5. The third kappa shape index (κ3) is 3.64. The smallest absolute Gasteiger partial charge is 0.257 e. The van der Waals surface area contributed by atoms with Gasteiger partial charge in [0.1, 0.15) is 17.4 Å². The van der Waals surface area contributed by atoms with E-state index in [-0.39, 0.29) is 5.91 Å². The van der Waals surface area contributed by atoms with Crippen molar-refractivity contribution in [3.05, 3.63) is 47.5 Å². The summed E-state index contributed by atoms with van der Waals surface area (Å²) in [7, 11) is 0. The average molecular weight is 289 g/mol. The van der Waals surface area contributed by atoms with Crippen molar-refractivity contribution < 1.29 is 9.53 Å². The molecular formula is C14H15N3O2S. The van der Waals surface area contributed by atoms with E-state index in [2.05, 4.69) is 22.1 Å². The number of hydrogen-bond donors (Lipinski definition) is 1. The second-order valence-electron chi connectivity index (χ2n) is 3.93. The number of aryl methyl sites for hydroxylation is 1. The van der Waals surface area contributed by atoms with E-state index in [9.17, 15) is 4.79 Å². The molecule has 20 heavy (non-hydrogen) atoms. The lowest BCUT2D eigenvalue weighted by Gasteiger charge is -2.04. The Hall–Kier alpha value is -2.21. The van der Waals surface area contributed by atoms with Crippen molar-refractivity contribution in [1.29, 1.82) is 0 Å². The molecule has 1 heterocycles. The highest BCUT2D eigenvalue weighted by Gasteiger charge is 2.09. The number of benzene rings is 1. The molecule has 5 nitrogen and oxygen atoms in total. The first kappa shape index (κ1) is 14.2. The molecule has 2 aromatic rings. The van der Waals surface area contributed by atoms with Crippen molar-refractivity contribution in [3.8, 4) is 5.75 Å². The molecule has 0 atom stereocenters. The number of nitrogens with zero attached hydrogens (tertiary/aromatic N) is 2. The van der Waals surface area contributed by atoms with Gasteiger partial charge in [0.15, 0.2) is 0 Å². The van der Waals surface area contributed by atoms with Gasteiger partial charge in [0.05, 0.1) is 0 Å². The Morgan fingerprint density at radius 2 is 2.15 bits per heavy atom. The fourth-order valence-corrected chi connectivity index (χ4v) is 2.15. The highest BCUT2D eigenvalue weighted by molar-refractivity contribution is 7.15. The van der Waals surface area contributed by atoms with Crippen LogP contribution in [0.1, 0.15) is 22.3 Å². The van der Waals surface area contributed by atoms with Crippen LogP contribution in [0.15, 0.2) is 36.9 Å². The van der Waals surface area contributed by atoms with E-state index in [1.54, 1.807) is 30.3 Å². The number of aromatic nitrogens is 2. The lowest BCUT2D eigenvalue weighted by molar-refractivity contribution is 0.102. The van der Waals surface area contributed by atoms with Crippen LogP contribution < -0.4 is 10.1 Å². The van der Waals surface area contributed by atoms with Crippen LogP contribution in [-0.2, 0) is 6.42 Å². The molecule has 1 N–H and O–H groups in total. The molecule has 2 rings (SSSR count). The molecule has 0 saturated carbocycles. The maximum atomic E-state index is 12.0. The van der Waals surface area contributed by atoms with Crippen LogP contribution >= 0.6 is 11.3 Å². The van der Waals surface area contributed by atoms with Crippen LogP contribution in [0.2, 0.25) is 0 Å². The van der Waals surface area contributed by atoms with Crippen LogP contribution in [0.25, 0.3) is 0 Å². The van der Waals surface area contributed by atoms with Gasteiger partial charge < -0.3 is 4.74 Å². The molecule has 1 amide bonds. The summed E-state index contributed by atoms with van der Waals surface area (Å²) in [5, 5.41) is 12.0. The molecule has 1 aromatic carbocycles. The first-order valence-electron chi connectivity index (χ1n) is 6.20. The normalized spacial score (nSPS) is 10.1. The number of carbonyl (C=O) groups is 1. The Labute approximate surface area is 121 Å². The summed E-state index contributed by atoms with van der Waals surface area (Å²) in [6, 6.07) is 6.90. The highest BCUT2D eigenvalue weighted by atomic mass is 32.1. The van der Waals surface area contributed by atoms with Crippen molar-refractivity contribution in [2.75, 3.05) is 11.9 Å². The number of carbonyl (C=O) groups excluding carboxylic acids is 1. The Bertz CT molecular complexity index is 593. The number of anilines is 1. The first-order chi connectivity index (χ1) is 9.72. The summed E-state index contributed by atoms with van der Waals surface area (Å²) < 4.78 is 5.36. The highest BCUT2D eigenvalue weighted by Crippen LogP contribution is 2.17. The van der Waals surface area contributed by atoms with Crippen molar-refractivity contribution in [3.63, 3.8) is 0 Å². The van der Waals surface area contributed by atoms with Gasteiger partial charge in [-0.2, -0.15) is 0 Å². The molecule has 0 fully saturated rings. The molecule has 104 valence electrons. The van der Waals surface area contributed by atoms with E-state index < -0.39 is 0 Å². The van der Waals surface area contributed by atoms with E-state index in [4.69, 9.17) is 4.74 Å². The minimum Gasteiger partial charge on any atom is -0.490 e. The second-order valence-corrected chi connectivity index (χ2v) is 4.99. The molecule has 0 aliphatic heterocycles. The molecular weight excluding hydrogens is 274 g/mol. The van der Waals surface area contributed by atoms with Crippen molar-refractivity contribution in [2.45, 2.75) is 13.3 Å². The van der Waals surface area contributed by atoms with Crippen molar-refractivity contribution in [2.24, 2.45) is 0 Å². The molecule has 0 radical (unpaired) electrons. The summed E-state index contributed by atoms with van der Waals surface area (Å²) in [5.41, 5.74) is 0.546. The zero-order valence-corrected chi connectivity index (χ0v) is 11.9. The van der Waals surface area contributed by atoms with Crippen LogP contribution in [0.4, 0.5) is 5.13 Å². The molecule has 0 spiro atoms. The third-order valence-corrected chi connectivity index (χ3v) is 3.46. The average Bonchev–Trinajstić information content (AvgIpc) is 2.93. The maximum absolute atomic E-state index is 12.0. The van der Waals surface area contributed by atoms with Crippen LogP contribution in [0, 0.1) is 0 Å². The lowest BCUT2D eigenvalue weighted by atomic mass is 10.2. The largest absolute Gasteiger partial charge is 0.490 e. The van der Waals surface area contributed by atoms with Crippen LogP contribution in [0.3, 0.4) is 0 Å². The van der Waals surface area contributed by atoms with Gasteiger partial charge in [-0.1, -0.05) is 30.9 Å². The summed E-state index contributed by atoms with van der Waals surface area (Å²) in [6.07, 6.45) is 2.48. The lowest BCUT2D eigenvalue weighted by Crippen LogP contribution is -2.11. The summed E-state index contributed by atoms with van der Waals surface area (Å²) in [4.78, 5) is 12.0. The van der Waals surface area contributed by atoms with Crippen molar-refractivity contribution >= 4 is 22.4 Å². The van der Waals surface area contributed by atoms with E-state index in [1.807, 2.05) is 6.92 Å². The SMILES string of the molecule is C=CCOc1ccc(C(=O)Nc2nnc(CC)s2)cc1. The molecule has 0 aliphatic carbocycles. The van der Waals surface area contributed by atoms with Gasteiger partial charge in [0, 0.05) is 5.56 Å². The van der Waals surface area contributed by atoms with E-state index in [1.165, 1.54) is 11.3 Å². The zero-order chi connectivity index (χ0) is 14.4. The van der Waals surface area contributed by atoms with E-state index in [0.29, 0.717) is 23.1 Å². The van der Waals surface area contributed by atoms with Crippen LogP contribution in [-0.4, -0.2) is 22.7 Å². The Balaban J connectivity index is 1.99. The van der Waals surface area contributed by atoms with Gasteiger partial charge in [-0.3, -0.25) is 10.1 Å². The molecule has 0 saturated heterocycles. The van der Waals surface area contributed by atoms with Gasteiger partial charge in [0.2, 0.25) is 5.13 Å².